The molecule has 0 spiro atoms. The van der Waals surface area contributed by atoms with Gasteiger partial charge in [-0.15, -0.1) is 0 Å². The number of hydrogen-bond donors (Lipinski definition) is 2. The highest BCUT2D eigenvalue weighted by Crippen LogP contribution is 2.13. The third-order valence-electron chi connectivity index (χ3n) is 2.11. The van der Waals surface area contributed by atoms with Crippen molar-refractivity contribution in [3.05, 3.63) is 5.89 Å². The second-order valence-corrected chi connectivity index (χ2v) is 3.11. The number of nitrogens with one attached hydrogen (secondary N) is 1. The Morgan fingerprint density at radius 3 is 3.17 bits per heavy atom. The van der Waals surface area contributed by atoms with Crippen LogP contribution < -0.4 is 11.1 Å². The number of nitrogens with two attached hydrogens (primary N) is 1. The molecule has 66 valence electrons. The third kappa shape index (κ3) is 1.55. The van der Waals surface area contributed by atoms with Gasteiger partial charge in [0, 0.05) is 6.42 Å². The first-order chi connectivity index (χ1) is 5.84. The number of aromatic nitrogens is 2. The Morgan fingerprint density at radius 1 is 1.67 bits per heavy atom. The molecule has 12 heavy (non-hydrogen) atoms. The van der Waals surface area contributed by atoms with Crippen molar-refractivity contribution in [2.24, 2.45) is 5.92 Å². The van der Waals surface area contributed by atoms with Gasteiger partial charge in [-0.1, -0.05) is 0 Å². The van der Waals surface area contributed by atoms with Crippen LogP contribution in [-0.2, 0) is 6.42 Å². The van der Waals surface area contributed by atoms with E-state index in [1.54, 1.807) is 0 Å². The van der Waals surface area contributed by atoms with Crippen LogP contribution in [0.3, 0.4) is 0 Å². The Bertz CT molecular complexity index is 254. The lowest BCUT2D eigenvalue weighted by molar-refractivity contribution is 0.358. The number of anilines is 1. The molecular weight excluding hydrogens is 156 g/mol. The van der Waals surface area contributed by atoms with Crippen LogP contribution in [-0.4, -0.2) is 23.2 Å². The van der Waals surface area contributed by atoms with Crippen molar-refractivity contribution in [3.63, 3.8) is 0 Å². The van der Waals surface area contributed by atoms with E-state index in [9.17, 15) is 0 Å². The van der Waals surface area contributed by atoms with Crippen molar-refractivity contribution in [2.45, 2.75) is 12.8 Å². The lowest BCUT2D eigenvalue weighted by Crippen LogP contribution is -2.10. The second-order valence-electron chi connectivity index (χ2n) is 3.11. The molecule has 0 radical (unpaired) electrons. The van der Waals surface area contributed by atoms with Crippen molar-refractivity contribution < 1.29 is 4.52 Å². The number of nitrogens with zero attached hydrogens (tertiary/aromatic N) is 2. The van der Waals surface area contributed by atoms with Crippen LogP contribution in [0.5, 0.6) is 0 Å². The Kier molecular flexibility index (Phi) is 1.95. The molecule has 3 N–H and O–H groups in total. The van der Waals surface area contributed by atoms with Gasteiger partial charge in [-0.3, -0.25) is 0 Å². The molecule has 2 rings (SSSR count). The van der Waals surface area contributed by atoms with Gasteiger partial charge in [0.25, 0.3) is 5.95 Å². The molecule has 0 aromatic carbocycles. The van der Waals surface area contributed by atoms with Crippen molar-refractivity contribution in [1.29, 1.82) is 0 Å². The summed E-state index contributed by atoms with van der Waals surface area (Å²) in [5.41, 5.74) is 5.32. The predicted molar refractivity (Wildman–Crippen MR) is 43.4 cm³/mol. The summed E-state index contributed by atoms with van der Waals surface area (Å²) in [6.45, 7) is 2.14. The van der Waals surface area contributed by atoms with E-state index in [4.69, 9.17) is 10.3 Å². The number of rotatable bonds is 2. The highest BCUT2D eigenvalue weighted by atomic mass is 16.5. The van der Waals surface area contributed by atoms with Gasteiger partial charge in [0.2, 0.25) is 5.89 Å². The van der Waals surface area contributed by atoms with E-state index in [2.05, 4.69) is 15.5 Å². The SMILES string of the molecule is Nc1noc(CC2CCNC2)n1. The molecule has 1 aromatic heterocycles. The molecule has 0 bridgehead atoms. The first kappa shape index (κ1) is 7.54. The Labute approximate surface area is 70.3 Å². The quantitative estimate of drug-likeness (QED) is 0.639. The van der Waals surface area contributed by atoms with Crippen LogP contribution in [0.4, 0.5) is 5.95 Å². The summed E-state index contributed by atoms with van der Waals surface area (Å²) in [4.78, 5) is 3.95. The van der Waals surface area contributed by atoms with Crippen LogP contribution in [0.15, 0.2) is 4.52 Å². The van der Waals surface area contributed by atoms with E-state index < -0.39 is 0 Å². The van der Waals surface area contributed by atoms with Gasteiger partial charge in [-0.05, 0) is 30.6 Å². The van der Waals surface area contributed by atoms with E-state index in [0.717, 1.165) is 19.5 Å². The Morgan fingerprint density at radius 2 is 2.58 bits per heavy atom. The van der Waals surface area contributed by atoms with Gasteiger partial charge >= 0.3 is 0 Å². The smallest absolute Gasteiger partial charge is 0.260 e. The maximum Gasteiger partial charge on any atom is 0.260 e. The lowest BCUT2D eigenvalue weighted by atomic mass is 10.1. The van der Waals surface area contributed by atoms with Crippen LogP contribution in [0.1, 0.15) is 12.3 Å². The molecule has 1 saturated heterocycles. The molecule has 2 heterocycles. The molecule has 0 aliphatic carbocycles. The molecule has 1 atom stereocenters. The minimum Gasteiger partial charge on any atom is -0.365 e. The standard InChI is InChI=1S/C7H12N4O/c8-7-10-6(12-11-7)3-5-1-2-9-4-5/h5,9H,1-4H2,(H2,8,11). The minimum absolute atomic E-state index is 0.232. The summed E-state index contributed by atoms with van der Waals surface area (Å²) in [6.07, 6.45) is 2.03. The molecule has 1 fully saturated rings. The molecule has 5 nitrogen and oxygen atoms in total. The van der Waals surface area contributed by atoms with Gasteiger partial charge in [0.15, 0.2) is 0 Å². The first-order valence-corrected chi connectivity index (χ1v) is 4.13. The molecular formula is C7H12N4O. The Balaban J connectivity index is 1.94. The monoisotopic (exact) mass is 168 g/mol. The van der Waals surface area contributed by atoms with Crippen LogP contribution in [0.25, 0.3) is 0 Å². The average molecular weight is 168 g/mol. The van der Waals surface area contributed by atoms with E-state index in [-0.39, 0.29) is 5.95 Å². The maximum atomic E-state index is 5.32. The number of hydrogen-bond acceptors (Lipinski definition) is 5. The third-order valence-corrected chi connectivity index (χ3v) is 2.11. The van der Waals surface area contributed by atoms with E-state index in [1.807, 2.05) is 0 Å². The van der Waals surface area contributed by atoms with E-state index in [1.165, 1.54) is 6.42 Å². The van der Waals surface area contributed by atoms with Gasteiger partial charge in [0.05, 0.1) is 0 Å². The highest BCUT2D eigenvalue weighted by Gasteiger charge is 2.17. The van der Waals surface area contributed by atoms with Crippen LogP contribution in [0, 0.1) is 5.92 Å². The van der Waals surface area contributed by atoms with Gasteiger partial charge < -0.3 is 15.6 Å². The zero-order valence-corrected chi connectivity index (χ0v) is 6.79. The van der Waals surface area contributed by atoms with Crippen molar-refractivity contribution >= 4 is 5.95 Å². The lowest BCUT2D eigenvalue weighted by Gasteiger charge is -2.01. The summed E-state index contributed by atoms with van der Waals surface area (Å²) in [5.74, 6) is 1.52. The second kappa shape index (κ2) is 3.10. The van der Waals surface area contributed by atoms with Gasteiger partial charge in [-0.25, -0.2) is 0 Å². The van der Waals surface area contributed by atoms with Crippen molar-refractivity contribution in [3.8, 4) is 0 Å². The molecule has 0 saturated carbocycles. The summed E-state index contributed by atoms with van der Waals surface area (Å²) in [6, 6.07) is 0. The zero-order chi connectivity index (χ0) is 8.39. The van der Waals surface area contributed by atoms with Crippen LogP contribution in [0.2, 0.25) is 0 Å². The largest absolute Gasteiger partial charge is 0.365 e. The highest BCUT2D eigenvalue weighted by molar-refractivity contribution is 5.10. The summed E-state index contributed by atoms with van der Waals surface area (Å²) < 4.78 is 4.91. The molecule has 1 unspecified atom stereocenters. The van der Waals surface area contributed by atoms with Crippen LogP contribution >= 0.6 is 0 Å². The van der Waals surface area contributed by atoms with Gasteiger partial charge in [-0.2, -0.15) is 4.98 Å². The summed E-state index contributed by atoms with van der Waals surface area (Å²) >= 11 is 0. The first-order valence-electron chi connectivity index (χ1n) is 4.13. The molecule has 5 heteroatoms. The predicted octanol–water partition coefficient (Wildman–Crippen LogP) is -0.196. The number of nitrogen functional groups attached to an aromatic ring is 1. The van der Waals surface area contributed by atoms with Gasteiger partial charge in [0.1, 0.15) is 0 Å². The molecule has 1 aromatic rings. The average Bonchev–Trinajstić information content (AvgIpc) is 2.63. The fourth-order valence-corrected chi connectivity index (χ4v) is 1.49. The molecule has 0 amide bonds. The van der Waals surface area contributed by atoms with E-state index in [0.29, 0.717) is 11.8 Å². The van der Waals surface area contributed by atoms with Crippen molar-refractivity contribution in [1.82, 2.24) is 15.5 Å². The minimum atomic E-state index is 0.232. The fourth-order valence-electron chi connectivity index (χ4n) is 1.49. The Hall–Kier alpha value is -1.10. The molecule has 1 aliphatic rings. The normalized spacial score (nSPS) is 23.2. The summed E-state index contributed by atoms with van der Waals surface area (Å²) in [5, 5.41) is 6.81. The maximum absolute atomic E-state index is 5.32. The zero-order valence-electron chi connectivity index (χ0n) is 6.79. The van der Waals surface area contributed by atoms with E-state index >= 15 is 0 Å². The van der Waals surface area contributed by atoms with Crippen molar-refractivity contribution in [2.75, 3.05) is 18.8 Å². The molecule has 1 aliphatic heterocycles. The summed E-state index contributed by atoms with van der Waals surface area (Å²) in [7, 11) is 0. The fraction of sp³-hybridized carbons (Fsp3) is 0.714. The topological polar surface area (TPSA) is 77.0 Å².